The topological polar surface area (TPSA) is 85.1 Å². The molecular formula is C10H9Br2N3O3S. The van der Waals surface area contributed by atoms with Gasteiger partial charge in [0.2, 0.25) is 15.9 Å². The summed E-state index contributed by atoms with van der Waals surface area (Å²) in [5.74, 6) is 0.674. The Bertz CT molecular complexity index is 700. The number of hydrogen-bond donors (Lipinski definition) is 1. The van der Waals surface area contributed by atoms with E-state index in [0.717, 1.165) is 4.47 Å². The third-order valence-electron chi connectivity index (χ3n) is 2.17. The first-order valence-corrected chi connectivity index (χ1v) is 8.19. The fourth-order valence-electron chi connectivity index (χ4n) is 1.34. The summed E-state index contributed by atoms with van der Waals surface area (Å²) in [5, 5.41) is 3.58. The van der Waals surface area contributed by atoms with Gasteiger partial charge in [-0.3, -0.25) is 0 Å². The number of hydrogen-bond acceptors (Lipinski definition) is 5. The molecule has 2 aromatic rings. The van der Waals surface area contributed by atoms with Crippen molar-refractivity contribution < 1.29 is 12.9 Å². The molecule has 0 aliphatic rings. The van der Waals surface area contributed by atoms with Crippen LogP contribution in [0.3, 0.4) is 0 Å². The highest BCUT2D eigenvalue weighted by atomic mass is 79.9. The molecule has 0 saturated heterocycles. The minimum Gasteiger partial charge on any atom is -0.338 e. The lowest BCUT2D eigenvalue weighted by molar-refractivity contribution is 0.372. The van der Waals surface area contributed by atoms with Crippen molar-refractivity contribution in [2.75, 3.05) is 0 Å². The van der Waals surface area contributed by atoms with Gasteiger partial charge in [0, 0.05) is 8.95 Å². The van der Waals surface area contributed by atoms with Gasteiger partial charge in [-0.25, -0.2) is 13.1 Å². The summed E-state index contributed by atoms with van der Waals surface area (Å²) in [6.45, 7) is 1.61. The van der Waals surface area contributed by atoms with Gasteiger partial charge in [-0.15, -0.1) is 0 Å². The molecule has 102 valence electrons. The van der Waals surface area contributed by atoms with E-state index in [1.807, 2.05) is 0 Å². The van der Waals surface area contributed by atoms with Crippen molar-refractivity contribution in [1.82, 2.24) is 14.9 Å². The highest BCUT2D eigenvalue weighted by molar-refractivity contribution is 9.11. The van der Waals surface area contributed by atoms with E-state index in [1.165, 1.54) is 6.07 Å². The lowest BCUT2D eigenvalue weighted by Gasteiger charge is -2.07. The maximum Gasteiger partial charge on any atom is 0.242 e. The summed E-state index contributed by atoms with van der Waals surface area (Å²) in [5.41, 5.74) is 0. The Kier molecular flexibility index (Phi) is 4.39. The van der Waals surface area contributed by atoms with Crippen LogP contribution in [0.25, 0.3) is 0 Å². The number of rotatable bonds is 4. The molecule has 0 atom stereocenters. The number of halogens is 2. The van der Waals surface area contributed by atoms with E-state index in [1.54, 1.807) is 19.1 Å². The fraction of sp³-hybridized carbons (Fsp3) is 0.200. The summed E-state index contributed by atoms with van der Waals surface area (Å²) in [7, 11) is -3.64. The van der Waals surface area contributed by atoms with E-state index in [2.05, 4.69) is 46.7 Å². The smallest absolute Gasteiger partial charge is 0.242 e. The van der Waals surface area contributed by atoms with Crippen LogP contribution in [-0.4, -0.2) is 18.6 Å². The monoisotopic (exact) mass is 409 g/mol. The number of aromatic nitrogens is 2. The largest absolute Gasteiger partial charge is 0.338 e. The third-order valence-corrected chi connectivity index (χ3v) is 5.04. The molecule has 0 fully saturated rings. The van der Waals surface area contributed by atoms with Gasteiger partial charge in [0.25, 0.3) is 0 Å². The zero-order valence-electron chi connectivity index (χ0n) is 9.72. The van der Waals surface area contributed by atoms with Crippen LogP contribution < -0.4 is 4.72 Å². The van der Waals surface area contributed by atoms with Crippen LogP contribution in [0.1, 0.15) is 11.7 Å². The number of aryl methyl sites for hydroxylation is 1. The van der Waals surface area contributed by atoms with E-state index in [0.29, 0.717) is 10.3 Å². The van der Waals surface area contributed by atoms with Crippen molar-refractivity contribution in [3.63, 3.8) is 0 Å². The highest BCUT2D eigenvalue weighted by Gasteiger charge is 2.18. The summed E-state index contributed by atoms with van der Waals surface area (Å²) in [4.78, 5) is 4.07. The molecule has 0 bridgehead atoms. The Morgan fingerprint density at radius 1 is 1.37 bits per heavy atom. The molecule has 9 heteroatoms. The molecule has 0 aliphatic heterocycles. The van der Waals surface area contributed by atoms with Gasteiger partial charge in [-0.05, 0) is 41.1 Å². The van der Waals surface area contributed by atoms with Gasteiger partial charge in [-0.1, -0.05) is 21.1 Å². The van der Waals surface area contributed by atoms with Crippen molar-refractivity contribution in [3.8, 4) is 0 Å². The molecule has 0 spiro atoms. The molecule has 1 aromatic carbocycles. The predicted octanol–water partition coefficient (Wildman–Crippen LogP) is 2.38. The summed E-state index contributed by atoms with van der Waals surface area (Å²) >= 11 is 6.48. The Balaban J connectivity index is 2.18. The van der Waals surface area contributed by atoms with Gasteiger partial charge >= 0.3 is 0 Å². The van der Waals surface area contributed by atoms with Crippen LogP contribution in [0.2, 0.25) is 0 Å². The van der Waals surface area contributed by atoms with E-state index >= 15 is 0 Å². The number of nitrogens with one attached hydrogen (secondary N) is 1. The zero-order chi connectivity index (χ0) is 14.0. The number of sulfonamides is 1. The van der Waals surface area contributed by atoms with Crippen LogP contribution in [0, 0.1) is 6.92 Å². The summed E-state index contributed by atoms with van der Waals surface area (Å²) < 4.78 is 32.7. The molecule has 19 heavy (non-hydrogen) atoms. The van der Waals surface area contributed by atoms with Gasteiger partial charge in [0.1, 0.15) is 0 Å². The Labute approximate surface area is 126 Å². The first-order valence-electron chi connectivity index (χ1n) is 5.12. The molecule has 1 N–H and O–H groups in total. The molecule has 1 heterocycles. The first kappa shape index (κ1) is 14.6. The second-order valence-electron chi connectivity index (χ2n) is 3.63. The first-order chi connectivity index (χ1) is 8.88. The van der Waals surface area contributed by atoms with Crippen molar-refractivity contribution in [2.45, 2.75) is 18.4 Å². The van der Waals surface area contributed by atoms with E-state index < -0.39 is 10.0 Å². The minimum atomic E-state index is -3.64. The molecular weight excluding hydrogens is 402 g/mol. The molecule has 0 radical (unpaired) electrons. The van der Waals surface area contributed by atoms with E-state index in [9.17, 15) is 8.42 Å². The van der Waals surface area contributed by atoms with Crippen molar-refractivity contribution in [1.29, 1.82) is 0 Å². The van der Waals surface area contributed by atoms with Crippen LogP contribution in [0.5, 0.6) is 0 Å². The van der Waals surface area contributed by atoms with E-state index in [-0.39, 0.29) is 17.3 Å². The van der Waals surface area contributed by atoms with Crippen LogP contribution in [0.4, 0.5) is 0 Å². The van der Waals surface area contributed by atoms with Crippen molar-refractivity contribution in [3.05, 3.63) is 38.9 Å². The maximum atomic E-state index is 12.1. The van der Waals surface area contributed by atoms with Crippen LogP contribution in [-0.2, 0) is 16.6 Å². The third kappa shape index (κ3) is 3.62. The standard InChI is InChI=1S/C10H9Br2N3O3S/c1-6-14-10(18-15-6)5-13-19(16,17)9-3-2-7(11)4-8(9)12/h2-4,13H,5H2,1H3. The van der Waals surface area contributed by atoms with Crippen LogP contribution >= 0.6 is 31.9 Å². The molecule has 0 unspecified atom stereocenters. The Morgan fingerprint density at radius 3 is 2.68 bits per heavy atom. The van der Waals surface area contributed by atoms with Gasteiger partial charge in [0.05, 0.1) is 11.4 Å². The molecule has 0 saturated carbocycles. The van der Waals surface area contributed by atoms with Crippen molar-refractivity contribution in [2.24, 2.45) is 0 Å². The maximum absolute atomic E-state index is 12.1. The molecule has 0 amide bonds. The van der Waals surface area contributed by atoms with Crippen LogP contribution in [0.15, 0.2) is 36.6 Å². The fourth-order valence-corrected chi connectivity index (χ4v) is 4.06. The normalized spacial score (nSPS) is 11.7. The second-order valence-corrected chi connectivity index (χ2v) is 7.14. The van der Waals surface area contributed by atoms with Gasteiger partial charge in [0.15, 0.2) is 5.82 Å². The predicted molar refractivity (Wildman–Crippen MR) is 74.9 cm³/mol. The zero-order valence-corrected chi connectivity index (χ0v) is 13.7. The molecule has 2 rings (SSSR count). The summed E-state index contributed by atoms with van der Waals surface area (Å²) in [6.07, 6.45) is 0. The van der Waals surface area contributed by atoms with Gasteiger partial charge in [-0.2, -0.15) is 4.98 Å². The Hall–Kier alpha value is -0.770. The quantitative estimate of drug-likeness (QED) is 0.836. The highest BCUT2D eigenvalue weighted by Crippen LogP contribution is 2.25. The lowest BCUT2D eigenvalue weighted by atomic mass is 10.4. The minimum absolute atomic E-state index is 0.0499. The second kappa shape index (κ2) is 5.70. The van der Waals surface area contributed by atoms with Gasteiger partial charge < -0.3 is 4.52 Å². The number of nitrogens with zero attached hydrogens (tertiary/aromatic N) is 2. The Morgan fingerprint density at radius 2 is 2.11 bits per heavy atom. The summed E-state index contributed by atoms with van der Waals surface area (Å²) in [6, 6.07) is 4.80. The molecule has 0 aliphatic carbocycles. The van der Waals surface area contributed by atoms with E-state index in [4.69, 9.17) is 4.52 Å². The average Bonchev–Trinajstić information content (AvgIpc) is 2.72. The number of benzene rings is 1. The average molecular weight is 411 g/mol. The SMILES string of the molecule is Cc1noc(CNS(=O)(=O)c2ccc(Br)cc2Br)n1. The molecule has 6 nitrogen and oxygen atoms in total. The van der Waals surface area contributed by atoms with Crippen molar-refractivity contribution >= 4 is 41.9 Å². The lowest BCUT2D eigenvalue weighted by Crippen LogP contribution is -2.23. The molecule has 1 aromatic heterocycles.